The Kier molecular flexibility index (Phi) is 4.70. The average Bonchev–Trinajstić information content (AvgIpc) is 2.41. The molecular formula is C16H22FNO3. The number of likely N-dealkylation sites (tertiary alicyclic amines) is 1. The standard InChI is InChI=1S/C16H22FNO3/c1-16(2,3)21-13-8-7-12(17)11-14(13)20-15(19)18-9-5-4-6-10-18/h7-8,11H,4-6,9-10H2,1-3H3. The molecular weight excluding hydrogens is 273 g/mol. The van der Waals surface area contributed by atoms with Gasteiger partial charge >= 0.3 is 6.09 Å². The molecule has 0 aliphatic carbocycles. The maximum Gasteiger partial charge on any atom is 0.415 e. The molecule has 1 aliphatic rings. The van der Waals surface area contributed by atoms with Gasteiger partial charge in [0, 0.05) is 19.2 Å². The number of carbonyl (C=O) groups excluding carboxylic acids is 1. The van der Waals surface area contributed by atoms with E-state index in [9.17, 15) is 9.18 Å². The second kappa shape index (κ2) is 6.33. The van der Waals surface area contributed by atoms with E-state index in [-0.39, 0.29) is 5.75 Å². The van der Waals surface area contributed by atoms with Gasteiger partial charge in [0.1, 0.15) is 11.4 Å². The van der Waals surface area contributed by atoms with Gasteiger partial charge in [-0.15, -0.1) is 0 Å². The molecule has 1 amide bonds. The highest BCUT2D eigenvalue weighted by atomic mass is 19.1. The Balaban J connectivity index is 2.13. The maximum absolute atomic E-state index is 13.4. The van der Waals surface area contributed by atoms with Gasteiger partial charge in [0.15, 0.2) is 11.5 Å². The number of hydrogen-bond acceptors (Lipinski definition) is 3. The minimum atomic E-state index is -0.460. The van der Waals surface area contributed by atoms with Crippen LogP contribution in [-0.2, 0) is 0 Å². The lowest BCUT2D eigenvalue weighted by atomic mass is 10.1. The zero-order chi connectivity index (χ0) is 15.5. The van der Waals surface area contributed by atoms with Crippen molar-refractivity contribution < 1.29 is 18.7 Å². The molecule has 0 spiro atoms. The van der Waals surface area contributed by atoms with E-state index in [1.165, 1.54) is 18.2 Å². The molecule has 0 atom stereocenters. The zero-order valence-electron chi connectivity index (χ0n) is 12.8. The molecule has 1 fully saturated rings. The topological polar surface area (TPSA) is 38.8 Å². The molecule has 2 rings (SSSR count). The molecule has 0 saturated carbocycles. The van der Waals surface area contributed by atoms with Crippen LogP contribution in [0.3, 0.4) is 0 Å². The van der Waals surface area contributed by atoms with E-state index in [4.69, 9.17) is 9.47 Å². The third-order valence-electron chi connectivity index (χ3n) is 3.13. The first-order valence-electron chi connectivity index (χ1n) is 7.30. The highest BCUT2D eigenvalue weighted by Gasteiger charge is 2.22. The molecule has 0 bridgehead atoms. The van der Waals surface area contributed by atoms with Crippen molar-refractivity contribution >= 4 is 6.09 Å². The van der Waals surface area contributed by atoms with E-state index in [1.54, 1.807) is 4.90 Å². The number of nitrogens with zero attached hydrogens (tertiary/aromatic N) is 1. The molecule has 1 heterocycles. The first-order chi connectivity index (χ1) is 9.85. The molecule has 5 heteroatoms. The minimum Gasteiger partial charge on any atom is -0.484 e. The number of carbonyl (C=O) groups is 1. The van der Waals surface area contributed by atoms with Crippen molar-refractivity contribution in [3.05, 3.63) is 24.0 Å². The van der Waals surface area contributed by atoms with Crippen LogP contribution in [0.4, 0.5) is 9.18 Å². The van der Waals surface area contributed by atoms with E-state index < -0.39 is 17.5 Å². The van der Waals surface area contributed by atoms with Crippen molar-refractivity contribution in [1.29, 1.82) is 0 Å². The van der Waals surface area contributed by atoms with Crippen LogP contribution in [0, 0.1) is 5.82 Å². The lowest BCUT2D eigenvalue weighted by Crippen LogP contribution is -2.37. The van der Waals surface area contributed by atoms with Crippen LogP contribution < -0.4 is 9.47 Å². The summed E-state index contributed by atoms with van der Waals surface area (Å²) < 4.78 is 24.5. The smallest absolute Gasteiger partial charge is 0.415 e. The summed E-state index contributed by atoms with van der Waals surface area (Å²) in [7, 11) is 0. The summed E-state index contributed by atoms with van der Waals surface area (Å²) in [5.74, 6) is 0.0347. The van der Waals surface area contributed by atoms with Crippen LogP contribution in [0.2, 0.25) is 0 Å². The molecule has 1 aromatic rings. The Morgan fingerprint density at radius 1 is 1.14 bits per heavy atom. The van der Waals surface area contributed by atoms with E-state index in [1.807, 2.05) is 20.8 Å². The van der Waals surface area contributed by atoms with Crippen molar-refractivity contribution in [1.82, 2.24) is 4.90 Å². The van der Waals surface area contributed by atoms with Gasteiger partial charge in [0.2, 0.25) is 0 Å². The summed E-state index contributed by atoms with van der Waals surface area (Å²) in [5, 5.41) is 0. The highest BCUT2D eigenvalue weighted by Crippen LogP contribution is 2.31. The summed E-state index contributed by atoms with van der Waals surface area (Å²) in [4.78, 5) is 13.8. The van der Waals surface area contributed by atoms with Crippen molar-refractivity contribution in [3.8, 4) is 11.5 Å². The maximum atomic E-state index is 13.4. The lowest BCUT2D eigenvalue weighted by Gasteiger charge is -2.27. The number of benzene rings is 1. The second-order valence-electron chi connectivity index (χ2n) is 6.22. The molecule has 0 aromatic heterocycles. The van der Waals surface area contributed by atoms with Crippen LogP contribution >= 0.6 is 0 Å². The minimum absolute atomic E-state index is 0.125. The summed E-state index contributed by atoms with van der Waals surface area (Å²) in [6.07, 6.45) is 2.63. The third kappa shape index (κ3) is 4.62. The van der Waals surface area contributed by atoms with Gasteiger partial charge in [-0.05, 0) is 52.2 Å². The molecule has 1 saturated heterocycles. The predicted molar refractivity (Wildman–Crippen MR) is 78.2 cm³/mol. The molecule has 0 radical (unpaired) electrons. The fraction of sp³-hybridized carbons (Fsp3) is 0.562. The Morgan fingerprint density at radius 3 is 2.43 bits per heavy atom. The molecule has 4 nitrogen and oxygen atoms in total. The predicted octanol–water partition coefficient (Wildman–Crippen LogP) is 3.99. The highest BCUT2D eigenvalue weighted by molar-refractivity contribution is 5.71. The largest absolute Gasteiger partial charge is 0.484 e. The Bertz CT molecular complexity index is 505. The number of amides is 1. The lowest BCUT2D eigenvalue weighted by molar-refractivity contribution is 0.116. The third-order valence-corrected chi connectivity index (χ3v) is 3.13. The molecule has 0 N–H and O–H groups in total. The average molecular weight is 295 g/mol. The summed E-state index contributed by atoms with van der Waals surface area (Å²) in [6, 6.07) is 3.96. The van der Waals surface area contributed by atoms with Crippen molar-refractivity contribution in [2.45, 2.75) is 45.6 Å². The van der Waals surface area contributed by atoms with Crippen molar-refractivity contribution in [3.63, 3.8) is 0 Å². The van der Waals surface area contributed by atoms with Gasteiger partial charge in [0.25, 0.3) is 0 Å². The van der Waals surface area contributed by atoms with Crippen LogP contribution in [0.1, 0.15) is 40.0 Å². The van der Waals surface area contributed by atoms with Gasteiger partial charge in [-0.2, -0.15) is 0 Å². The zero-order valence-corrected chi connectivity index (χ0v) is 12.8. The van der Waals surface area contributed by atoms with Crippen LogP contribution in [0.5, 0.6) is 11.5 Å². The van der Waals surface area contributed by atoms with Gasteiger partial charge < -0.3 is 14.4 Å². The van der Waals surface area contributed by atoms with Crippen LogP contribution in [0.15, 0.2) is 18.2 Å². The summed E-state index contributed by atoms with van der Waals surface area (Å²) in [5.41, 5.74) is -0.454. The molecule has 1 aliphatic heterocycles. The molecule has 116 valence electrons. The number of hydrogen-bond donors (Lipinski definition) is 0. The summed E-state index contributed by atoms with van der Waals surface area (Å²) in [6.45, 7) is 7.01. The van der Waals surface area contributed by atoms with Crippen molar-refractivity contribution in [2.75, 3.05) is 13.1 Å². The quantitative estimate of drug-likeness (QED) is 0.828. The van der Waals surface area contributed by atoms with Gasteiger partial charge in [-0.1, -0.05) is 0 Å². The Labute approximate surface area is 124 Å². The SMILES string of the molecule is CC(C)(C)Oc1ccc(F)cc1OC(=O)N1CCCCC1. The van der Waals surface area contributed by atoms with Crippen molar-refractivity contribution in [2.24, 2.45) is 0 Å². The van der Waals surface area contributed by atoms with Crippen LogP contribution in [-0.4, -0.2) is 29.7 Å². The second-order valence-corrected chi connectivity index (χ2v) is 6.22. The monoisotopic (exact) mass is 295 g/mol. The van der Waals surface area contributed by atoms with E-state index in [0.717, 1.165) is 19.3 Å². The number of rotatable bonds is 2. The number of piperidine rings is 1. The number of ether oxygens (including phenoxy) is 2. The number of halogens is 1. The Hall–Kier alpha value is -1.78. The molecule has 21 heavy (non-hydrogen) atoms. The molecule has 1 aromatic carbocycles. The van der Waals surface area contributed by atoms with Gasteiger partial charge in [-0.3, -0.25) is 0 Å². The fourth-order valence-corrected chi connectivity index (χ4v) is 2.21. The summed E-state index contributed by atoms with van der Waals surface area (Å²) >= 11 is 0. The molecule has 0 unspecified atom stereocenters. The normalized spacial score (nSPS) is 15.7. The fourth-order valence-electron chi connectivity index (χ4n) is 2.21. The Morgan fingerprint density at radius 2 is 1.81 bits per heavy atom. The van der Waals surface area contributed by atoms with E-state index >= 15 is 0 Å². The van der Waals surface area contributed by atoms with E-state index in [2.05, 4.69) is 0 Å². The van der Waals surface area contributed by atoms with Gasteiger partial charge in [-0.25, -0.2) is 9.18 Å². The first-order valence-corrected chi connectivity index (χ1v) is 7.30. The van der Waals surface area contributed by atoms with Crippen LogP contribution in [0.25, 0.3) is 0 Å². The first kappa shape index (κ1) is 15.6. The van der Waals surface area contributed by atoms with E-state index in [0.29, 0.717) is 18.8 Å². The van der Waals surface area contributed by atoms with Gasteiger partial charge in [0.05, 0.1) is 0 Å².